The van der Waals surface area contributed by atoms with Gasteiger partial charge in [-0.15, -0.1) is 0 Å². The first kappa shape index (κ1) is 24.4. The highest BCUT2D eigenvalue weighted by molar-refractivity contribution is 6.06. The first-order valence-electron chi connectivity index (χ1n) is 9.99. The summed E-state index contributed by atoms with van der Waals surface area (Å²) >= 11 is 0. The molecule has 0 unspecified atom stereocenters. The molecular weight excluding hydrogens is 444 g/mol. The van der Waals surface area contributed by atoms with Crippen molar-refractivity contribution >= 4 is 34.7 Å². The van der Waals surface area contributed by atoms with Crippen LogP contribution in [0, 0.1) is 0 Å². The van der Waals surface area contributed by atoms with Crippen LogP contribution in [0.4, 0.5) is 22.7 Å². The van der Waals surface area contributed by atoms with Crippen LogP contribution >= 0.6 is 0 Å². The summed E-state index contributed by atoms with van der Waals surface area (Å²) in [5, 5.41) is 6.47. The van der Waals surface area contributed by atoms with E-state index in [-0.39, 0.29) is 11.1 Å². The van der Waals surface area contributed by atoms with E-state index in [0.29, 0.717) is 34.2 Å². The summed E-state index contributed by atoms with van der Waals surface area (Å²) in [6.45, 7) is 0. The maximum Gasteiger partial charge on any atom is 0.338 e. The minimum Gasteiger partial charge on any atom is -0.465 e. The third kappa shape index (κ3) is 5.94. The summed E-state index contributed by atoms with van der Waals surface area (Å²) in [6.07, 6.45) is 0. The molecular formula is C24H24N2O8. The maximum absolute atomic E-state index is 12.4. The minimum atomic E-state index is -0.681. The van der Waals surface area contributed by atoms with Crippen LogP contribution in [0.25, 0.3) is 0 Å². The second-order valence-corrected chi connectivity index (χ2v) is 6.73. The van der Waals surface area contributed by atoms with Crippen molar-refractivity contribution < 1.29 is 38.6 Å². The van der Waals surface area contributed by atoms with Crippen LogP contribution in [0.1, 0.15) is 20.7 Å². The number of nitrogens with one attached hydrogen (secondary N) is 2. The summed E-state index contributed by atoms with van der Waals surface area (Å²) in [7, 11) is 5.30. The lowest BCUT2D eigenvalue weighted by Gasteiger charge is -2.18. The lowest BCUT2D eigenvalue weighted by atomic mass is 10.0. The van der Waals surface area contributed by atoms with Crippen molar-refractivity contribution in [3.8, 4) is 11.5 Å². The van der Waals surface area contributed by atoms with Crippen LogP contribution in [-0.2, 0) is 19.2 Å². The largest absolute Gasteiger partial charge is 0.465 e. The molecule has 0 saturated heterocycles. The molecule has 0 spiro atoms. The van der Waals surface area contributed by atoms with Crippen molar-refractivity contribution in [2.24, 2.45) is 0 Å². The highest BCUT2D eigenvalue weighted by Gasteiger charge is 2.22. The molecule has 2 N–H and O–H groups in total. The van der Waals surface area contributed by atoms with Gasteiger partial charge in [0.15, 0.2) is 11.5 Å². The van der Waals surface area contributed by atoms with Crippen LogP contribution in [-0.4, -0.2) is 40.4 Å². The molecule has 0 fully saturated rings. The van der Waals surface area contributed by atoms with E-state index >= 15 is 0 Å². The summed E-state index contributed by atoms with van der Waals surface area (Å²) in [4.78, 5) is 44.1. The lowest BCUT2D eigenvalue weighted by Crippen LogP contribution is -2.13. The Balaban J connectivity index is 2.03. The summed E-state index contributed by atoms with van der Waals surface area (Å²) in [5.74, 6) is -0.332. The molecule has 34 heavy (non-hydrogen) atoms. The topological polar surface area (TPSA) is 114 Å². The Morgan fingerprint density at radius 2 is 0.941 bits per heavy atom. The smallest absolute Gasteiger partial charge is 0.338 e. The van der Waals surface area contributed by atoms with Gasteiger partial charge in [-0.25, -0.2) is 9.59 Å². The quantitative estimate of drug-likeness (QED) is 0.248. The molecule has 0 amide bonds. The third-order valence-corrected chi connectivity index (χ3v) is 4.59. The van der Waals surface area contributed by atoms with Crippen molar-refractivity contribution in [2.45, 2.75) is 0 Å². The maximum atomic E-state index is 12.4. The number of hydrogen-bond donors (Lipinski definition) is 2. The van der Waals surface area contributed by atoms with Gasteiger partial charge in [0.1, 0.15) is 0 Å². The fraction of sp³-hybridized carbons (Fsp3) is 0.167. The number of hydrogen-bond acceptors (Lipinski definition) is 10. The standard InChI is InChI=1S/C24H24N2O8/c1-29-23(27)19-13-21(25-15-5-9-17(10-6-15)33-31-3)22(14-20(19)24(28)30-2)26-16-7-11-18(12-8-16)34-32-4/h5-14,25-26H,1-4H3. The van der Waals surface area contributed by atoms with Gasteiger partial charge in [-0.1, -0.05) is 0 Å². The molecule has 10 nitrogen and oxygen atoms in total. The Kier molecular flexibility index (Phi) is 8.27. The molecule has 0 radical (unpaired) electrons. The molecule has 3 aromatic carbocycles. The van der Waals surface area contributed by atoms with E-state index in [1.165, 1.54) is 40.6 Å². The number of carbonyl (C=O) groups excluding carboxylic acids is 2. The van der Waals surface area contributed by atoms with Gasteiger partial charge >= 0.3 is 11.9 Å². The minimum absolute atomic E-state index is 0.0468. The van der Waals surface area contributed by atoms with E-state index in [0.717, 1.165) is 0 Å². The first-order chi connectivity index (χ1) is 16.5. The van der Waals surface area contributed by atoms with Gasteiger partial charge in [0, 0.05) is 11.4 Å². The SMILES string of the molecule is COOc1ccc(Nc2cc(C(=O)OC)c(C(=O)OC)cc2Nc2ccc(OOC)cc2)cc1. The Morgan fingerprint density at radius 3 is 1.24 bits per heavy atom. The van der Waals surface area contributed by atoms with Gasteiger partial charge in [-0.05, 0) is 60.7 Å². The third-order valence-electron chi connectivity index (χ3n) is 4.59. The number of ether oxygens (including phenoxy) is 2. The number of carbonyl (C=O) groups is 2. The van der Waals surface area contributed by atoms with Crippen LogP contribution < -0.4 is 20.4 Å². The summed E-state index contributed by atoms with van der Waals surface area (Å²) in [5.41, 5.74) is 2.49. The zero-order chi connectivity index (χ0) is 24.5. The molecule has 3 aromatic rings. The molecule has 0 bridgehead atoms. The molecule has 0 aromatic heterocycles. The average Bonchev–Trinajstić information content (AvgIpc) is 2.86. The number of benzene rings is 3. The highest BCUT2D eigenvalue weighted by atomic mass is 17.2. The predicted molar refractivity (Wildman–Crippen MR) is 124 cm³/mol. The number of esters is 2. The van der Waals surface area contributed by atoms with Crippen molar-refractivity contribution in [2.75, 3.05) is 39.1 Å². The fourth-order valence-electron chi connectivity index (χ4n) is 3.06. The van der Waals surface area contributed by atoms with E-state index in [1.54, 1.807) is 48.5 Å². The van der Waals surface area contributed by atoms with Crippen LogP contribution in [0.2, 0.25) is 0 Å². The van der Waals surface area contributed by atoms with Gasteiger partial charge < -0.3 is 29.9 Å². The molecule has 10 heteroatoms. The zero-order valence-electron chi connectivity index (χ0n) is 19.0. The lowest BCUT2D eigenvalue weighted by molar-refractivity contribution is -0.178. The first-order valence-corrected chi connectivity index (χ1v) is 9.99. The average molecular weight is 468 g/mol. The van der Waals surface area contributed by atoms with Gasteiger partial charge in [-0.2, -0.15) is 9.78 Å². The van der Waals surface area contributed by atoms with Crippen LogP contribution in [0.5, 0.6) is 11.5 Å². The van der Waals surface area contributed by atoms with Crippen molar-refractivity contribution in [3.63, 3.8) is 0 Å². The molecule has 178 valence electrons. The highest BCUT2D eigenvalue weighted by Crippen LogP contribution is 2.33. The normalized spacial score (nSPS) is 10.2. The number of anilines is 4. The summed E-state index contributed by atoms with van der Waals surface area (Å²) in [6, 6.07) is 16.9. The summed E-state index contributed by atoms with van der Waals surface area (Å²) < 4.78 is 9.73. The predicted octanol–water partition coefficient (Wildman–Crippen LogP) is 4.63. The van der Waals surface area contributed by atoms with Crippen molar-refractivity contribution in [1.82, 2.24) is 0 Å². The molecule has 0 heterocycles. The Morgan fingerprint density at radius 1 is 0.588 bits per heavy atom. The van der Waals surface area contributed by atoms with E-state index < -0.39 is 11.9 Å². The number of methoxy groups -OCH3 is 2. The van der Waals surface area contributed by atoms with Crippen LogP contribution in [0.15, 0.2) is 60.7 Å². The molecule has 0 atom stereocenters. The second-order valence-electron chi connectivity index (χ2n) is 6.73. The molecule has 0 aliphatic rings. The Bertz CT molecular complexity index is 1040. The number of rotatable bonds is 10. The van der Waals surface area contributed by atoms with Gasteiger partial charge in [0.05, 0.1) is 50.9 Å². The molecule has 0 aliphatic heterocycles. The zero-order valence-corrected chi connectivity index (χ0v) is 19.0. The van der Waals surface area contributed by atoms with E-state index in [1.807, 2.05) is 0 Å². The van der Waals surface area contributed by atoms with Crippen molar-refractivity contribution in [3.05, 3.63) is 71.8 Å². The van der Waals surface area contributed by atoms with E-state index in [2.05, 4.69) is 20.4 Å². The second kappa shape index (κ2) is 11.5. The fourth-order valence-corrected chi connectivity index (χ4v) is 3.06. The van der Waals surface area contributed by atoms with Crippen molar-refractivity contribution in [1.29, 1.82) is 0 Å². The van der Waals surface area contributed by atoms with E-state index in [4.69, 9.17) is 19.2 Å². The van der Waals surface area contributed by atoms with E-state index in [9.17, 15) is 9.59 Å². The van der Waals surface area contributed by atoms with Gasteiger partial charge in [0.25, 0.3) is 0 Å². The Labute approximate surface area is 196 Å². The van der Waals surface area contributed by atoms with Gasteiger partial charge in [0.2, 0.25) is 0 Å². The molecule has 0 saturated carbocycles. The molecule has 0 aliphatic carbocycles. The molecule has 3 rings (SSSR count). The van der Waals surface area contributed by atoms with Gasteiger partial charge in [-0.3, -0.25) is 0 Å². The Hall–Kier alpha value is -4.28. The monoisotopic (exact) mass is 468 g/mol. The van der Waals surface area contributed by atoms with Crippen LogP contribution in [0.3, 0.4) is 0 Å².